The zero-order valence-corrected chi connectivity index (χ0v) is 10.4. The predicted molar refractivity (Wildman–Crippen MR) is 63.9 cm³/mol. The number of carbonyl (C=O) groups is 2. The van der Waals surface area contributed by atoms with E-state index in [1.54, 1.807) is 0 Å². The van der Waals surface area contributed by atoms with Crippen LogP contribution in [0.2, 0.25) is 0 Å². The van der Waals surface area contributed by atoms with Crippen molar-refractivity contribution >= 4 is 28.9 Å². The van der Waals surface area contributed by atoms with Crippen LogP contribution >= 0.6 is 11.3 Å². The maximum atomic E-state index is 11.5. The number of methoxy groups -OCH3 is 1. The Morgan fingerprint density at radius 3 is 2.75 bits per heavy atom. The van der Waals surface area contributed by atoms with Gasteiger partial charge in [0.2, 0.25) is 5.91 Å². The molecule has 0 aromatic carbocycles. The summed E-state index contributed by atoms with van der Waals surface area (Å²) in [6, 6.07) is 0. The van der Waals surface area contributed by atoms with Gasteiger partial charge in [-0.3, -0.25) is 4.79 Å². The number of carbonyl (C=O) groups excluding carboxylic acids is 2. The number of hydrogen-bond acceptors (Lipinski definition) is 4. The maximum absolute atomic E-state index is 11.5. The fourth-order valence-corrected chi connectivity index (χ4v) is 2.19. The number of rotatable bonds is 4. The van der Waals surface area contributed by atoms with E-state index in [0.29, 0.717) is 17.0 Å². The van der Waals surface area contributed by atoms with Crippen LogP contribution in [-0.2, 0) is 9.53 Å². The van der Waals surface area contributed by atoms with Crippen LogP contribution in [0.5, 0.6) is 0 Å². The van der Waals surface area contributed by atoms with Crippen molar-refractivity contribution in [2.45, 2.75) is 26.7 Å². The largest absolute Gasteiger partial charge is 0.465 e. The van der Waals surface area contributed by atoms with E-state index in [1.165, 1.54) is 18.4 Å². The number of aryl methyl sites for hydroxylation is 1. The van der Waals surface area contributed by atoms with E-state index in [1.807, 2.05) is 19.2 Å². The first-order valence-electron chi connectivity index (χ1n) is 5.06. The molecule has 1 aromatic rings. The molecule has 1 rings (SSSR count). The van der Waals surface area contributed by atoms with Crippen LogP contribution < -0.4 is 5.32 Å². The molecular weight excluding hydrogens is 226 g/mol. The highest BCUT2D eigenvalue weighted by Gasteiger charge is 2.17. The zero-order chi connectivity index (χ0) is 12.1. The van der Waals surface area contributed by atoms with Gasteiger partial charge in [0.15, 0.2) is 0 Å². The van der Waals surface area contributed by atoms with Crippen LogP contribution in [0.3, 0.4) is 0 Å². The van der Waals surface area contributed by atoms with Crippen molar-refractivity contribution in [1.29, 1.82) is 0 Å². The van der Waals surface area contributed by atoms with Gasteiger partial charge in [-0.15, -0.1) is 11.3 Å². The van der Waals surface area contributed by atoms with Gasteiger partial charge >= 0.3 is 5.97 Å². The van der Waals surface area contributed by atoms with E-state index in [9.17, 15) is 9.59 Å². The van der Waals surface area contributed by atoms with Gasteiger partial charge in [-0.25, -0.2) is 4.79 Å². The molecule has 0 aliphatic heterocycles. The van der Waals surface area contributed by atoms with Crippen molar-refractivity contribution in [3.63, 3.8) is 0 Å². The summed E-state index contributed by atoms with van der Waals surface area (Å²) in [6.45, 7) is 3.78. The van der Waals surface area contributed by atoms with Gasteiger partial charge in [0.1, 0.15) is 4.88 Å². The molecule has 0 aliphatic rings. The molecule has 16 heavy (non-hydrogen) atoms. The molecule has 1 aromatic heterocycles. The van der Waals surface area contributed by atoms with Crippen molar-refractivity contribution in [2.24, 2.45) is 0 Å². The van der Waals surface area contributed by atoms with Gasteiger partial charge in [0.25, 0.3) is 0 Å². The third-order valence-corrected chi connectivity index (χ3v) is 3.17. The van der Waals surface area contributed by atoms with Gasteiger partial charge in [-0.1, -0.05) is 6.92 Å². The second-order valence-corrected chi connectivity index (χ2v) is 4.29. The Morgan fingerprint density at radius 2 is 2.19 bits per heavy atom. The molecule has 0 radical (unpaired) electrons. The molecule has 1 amide bonds. The van der Waals surface area contributed by atoms with Crippen molar-refractivity contribution in [3.05, 3.63) is 15.8 Å². The highest BCUT2D eigenvalue weighted by Crippen LogP contribution is 2.28. The van der Waals surface area contributed by atoms with Gasteiger partial charge < -0.3 is 10.1 Å². The minimum absolute atomic E-state index is 0.0749. The Bertz CT molecular complexity index is 398. The summed E-state index contributed by atoms with van der Waals surface area (Å²) in [5, 5.41) is 4.57. The standard InChI is InChI=1S/C11H15NO3S/c1-4-5-8(13)12-9-7(2)6-16-10(9)11(14)15-3/h6H,4-5H2,1-3H3,(H,12,13). The Kier molecular flexibility index (Phi) is 4.49. The Balaban J connectivity index is 2.89. The molecule has 0 bridgehead atoms. The summed E-state index contributed by atoms with van der Waals surface area (Å²) in [7, 11) is 1.33. The molecule has 5 heteroatoms. The third kappa shape index (κ3) is 2.82. The van der Waals surface area contributed by atoms with Gasteiger partial charge in [-0.2, -0.15) is 0 Å². The van der Waals surface area contributed by atoms with E-state index in [4.69, 9.17) is 0 Å². The van der Waals surface area contributed by atoms with Crippen LogP contribution in [0.1, 0.15) is 35.0 Å². The average Bonchev–Trinajstić information content (AvgIpc) is 2.60. The molecule has 4 nitrogen and oxygen atoms in total. The first kappa shape index (κ1) is 12.7. The molecule has 88 valence electrons. The minimum Gasteiger partial charge on any atom is -0.465 e. The van der Waals surface area contributed by atoms with Crippen LogP contribution in [0.15, 0.2) is 5.38 Å². The van der Waals surface area contributed by atoms with Crippen LogP contribution in [0.4, 0.5) is 5.69 Å². The van der Waals surface area contributed by atoms with Gasteiger partial charge in [-0.05, 0) is 24.3 Å². The summed E-state index contributed by atoms with van der Waals surface area (Å²) in [6.07, 6.45) is 1.23. The van der Waals surface area contributed by atoms with Crippen molar-refractivity contribution in [2.75, 3.05) is 12.4 Å². The molecular formula is C11H15NO3S. The van der Waals surface area contributed by atoms with E-state index < -0.39 is 5.97 Å². The zero-order valence-electron chi connectivity index (χ0n) is 9.62. The average molecular weight is 241 g/mol. The van der Waals surface area contributed by atoms with Gasteiger partial charge in [0, 0.05) is 6.42 Å². The van der Waals surface area contributed by atoms with Crippen LogP contribution in [0.25, 0.3) is 0 Å². The van der Waals surface area contributed by atoms with Crippen molar-refractivity contribution < 1.29 is 14.3 Å². The van der Waals surface area contributed by atoms with Gasteiger partial charge in [0.05, 0.1) is 12.8 Å². The number of amides is 1. The first-order chi connectivity index (χ1) is 7.60. The number of anilines is 1. The number of nitrogens with one attached hydrogen (secondary N) is 1. The molecule has 0 unspecified atom stereocenters. The summed E-state index contributed by atoms with van der Waals surface area (Å²) in [5.41, 5.74) is 1.46. The second kappa shape index (κ2) is 5.65. The number of ether oxygens (including phenoxy) is 1. The van der Waals surface area contributed by atoms with E-state index >= 15 is 0 Å². The Morgan fingerprint density at radius 1 is 1.50 bits per heavy atom. The lowest BCUT2D eigenvalue weighted by molar-refractivity contribution is -0.116. The predicted octanol–water partition coefficient (Wildman–Crippen LogP) is 2.58. The third-order valence-electron chi connectivity index (χ3n) is 2.09. The number of hydrogen-bond donors (Lipinski definition) is 1. The lowest BCUT2D eigenvalue weighted by Crippen LogP contribution is -2.13. The summed E-state index contributed by atoms with van der Waals surface area (Å²) >= 11 is 1.28. The summed E-state index contributed by atoms with van der Waals surface area (Å²) in [4.78, 5) is 23.3. The topological polar surface area (TPSA) is 55.4 Å². The van der Waals surface area contributed by atoms with E-state index in [2.05, 4.69) is 10.1 Å². The first-order valence-corrected chi connectivity index (χ1v) is 5.94. The molecule has 0 aliphatic carbocycles. The lowest BCUT2D eigenvalue weighted by Gasteiger charge is -2.06. The minimum atomic E-state index is -0.412. The Hall–Kier alpha value is -1.36. The SMILES string of the molecule is CCCC(=O)Nc1c(C)csc1C(=O)OC. The number of thiophene rings is 1. The molecule has 0 spiro atoms. The molecule has 1 N–H and O–H groups in total. The fraction of sp³-hybridized carbons (Fsp3) is 0.455. The maximum Gasteiger partial charge on any atom is 0.350 e. The smallest absolute Gasteiger partial charge is 0.350 e. The highest BCUT2D eigenvalue weighted by atomic mass is 32.1. The van der Waals surface area contributed by atoms with E-state index in [0.717, 1.165) is 12.0 Å². The monoisotopic (exact) mass is 241 g/mol. The molecule has 0 atom stereocenters. The summed E-state index contributed by atoms with van der Waals surface area (Å²) < 4.78 is 4.65. The molecule has 0 saturated heterocycles. The van der Waals surface area contributed by atoms with Crippen molar-refractivity contribution in [1.82, 2.24) is 0 Å². The normalized spacial score (nSPS) is 9.94. The highest BCUT2D eigenvalue weighted by molar-refractivity contribution is 7.12. The Labute approximate surface area is 98.6 Å². The van der Waals surface area contributed by atoms with Crippen LogP contribution in [-0.4, -0.2) is 19.0 Å². The van der Waals surface area contributed by atoms with Crippen LogP contribution in [0, 0.1) is 6.92 Å². The quantitative estimate of drug-likeness (QED) is 0.824. The number of esters is 1. The second-order valence-electron chi connectivity index (χ2n) is 3.41. The van der Waals surface area contributed by atoms with E-state index in [-0.39, 0.29) is 5.91 Å². The molecule has 0 fully saturated rings. The molecule has 0 saturated carbocycles. The fourth-order valence-electron chi connectivity index (χ4n) is 1.27. The molecule has 1 heterocycles. The summed E-state index contributed by atoms with van der Waals surface area (Å²) in [5.74, 6) is -0.487. The van der Waals surface area contributed by atoms with Crippen molar-refractivity contribution in [3.8, 4) is 0 Å². The lowest BCUT2D eigenvalue weighted by atomic mass is 10.2.